The zero-order valence-electron chi connectivity index (χ0n) is 47.6. The highest BCUT2D eigenvalue weighted by Crippen LogP contribution is 2.46. The first kappa shape index (κ1) is 62.5. The number of phenolic OH excluding ortho intramolecular Hbond substituents is 1. The molecule has 6 rings (SSSR count). The molecule has 3 heterocycles. The third-order valence-electron chi connectivity index (χ3n) is 15.1. The number of carboxylic acid groups (broad SMARTS) is 3. The first-order chi connectivity index (χ1) is 38.9. The Morgan fingerprint density at radius 2 is 1.10 bits per heavy atom. The number of aromatic carboxylic acids is 1. The summed E-state index contributed by atoms with van der Waals surface area (Å²) in [5, 5.41) is 47.0. The quantitative estimate of drug-likeness (QED) is 0.0179. The lowest BCUT2D eigenvalue weighted by Crippen LogP contribution is -2.32. The minimum atomic E-state index is -1.18. The van der Waals surface area contributed by atoms with Gasteiger partial charge in [0.2, 0.25) is 0 Å². The molecule has 0 bridgehead atoms. The Hall–Kier alpha value is -6.68. The average Bonchev–Trinajstić information content (AvgIpc) is 3.65. The minimum absolute atomic E-state index is 0.0132. The minimum Gasteiger partial charge on any atom is -0.507 e. The number of aromatic hydroxyl groups is 1. The Labute approximate surface area is 473 Å². The topological polar surface area (TPSA) is 210 Å². The van der Waals surface area contributed by atoms with Crippen molar-refractivity contribution in [3.63, 3.8) is 0 Å². The van der Waals surface area contributed by atoms with Crippen LogP contribution >= 0.6 is 0 Å². The van der Waals surface area contributed by atoms with Crippen molar-refractivity contribution in [3.05, 3.63) is 130 Å². The van der Waals surface area contributed by atoms with Crippen molar-refractivity contribution < 1.29 is 39.2 Å². The van der Waals surface area contributed by atoms with E-state index in [1.54, 1.807) is 52.5 Å². The molecule has 2 aromatic carbocycles. The molecule has 0 spiro atoms. The summed E-state index contributed by atoms with van der Waals surface area (Å²) in [5.74, 6) is -3.26. The fraction of sp³-hybridized carbons (Fsp3) is 0.508. The maximum absolute atomic E-state index is 14.3. The van der Waals surface area contributed by atoms with Crippen molar-refractivity contribution in [3.8, 4) is 28.2 Å². The normalized spacial score (nSPS) is 11.7. The summed E-state index contributed by atoms with van der Waals surface area (Å²) in [7, 11) is 0. The Morgan fingerprint density at radius 1 is 0.550 bits per heavy atom. The van der Waals surface area contributed by atoms with Crippen LogP contribution < -0.4 is 10.7 Å². The van der Waals surface area contributed by atoms with Crippen LogP contribution in [0.3, 0.4) is 0 Å². The molecule has 5 N–H and O–H groups in total. The summed E-state index contributed by atoms with van der Waals surface area (Å²) in [6.07, 6.45) is 26.6. The van der Waals surface area contributed by atoms with E-state index in [9.17, 15) is 39.6 Å². The monoisotopic (exact) mass is 1100 g/mol. The average molecular weight is 1100 g/mol. The van der Waals surface area contributed by atoms with E-state index in [1.165, 1.54) is 89.2 Å². The molecule has 15 heteroatoms. The molecule has 2 aromatic heterocycles. The number of carboxylic acids is 3. The second-order valence-corrected chi connectivity index (χ2v) is 21.6. The van der Waals surface area contributed by atoms with Gasteiger partial charge in [-0.2, -0.15) is 0 Å². The van der Waals surface area contributed by atoms with Crippen LogP contribution in [-0.4, -0.2) is 109 Å². The van der Waals surface area contributed by atoms with Crippen LogP contribution in [-0.2, 0) is 35.6 Å². The standard InChI is InChI=1S/C65H88N6O9/c1-3-5-7-9-11-13-15-17-19-25-39-70(47-60(74)75)45-56-58(72)33-31-53-62(54-32-34-59(73)57(64(54)80-63(53)56)46-71(48-61(76)77)40-26-20-18-16-14-12-10-8-6-4-2)55-43-50(29-30-52(55)65(78)79)68-38-42-69(44-51-28-22-24-37-67-51)41-35-49-27-21-23-36-66-49/h21-24,27-34,36-37,43,68,72H,3-20,25-26,35,38-42,44-48H2,1-2H3,(H,74,75)(H,76,77)(H,78,79). The second-order valence-electron chi connectivity index (χ2n) is 21.6. The fourth-order valence-electron chi connectivity index (χ4n) is 10.8. The van der Waals surface area contributed by atoms with E-state index in [0.29, 0.717) is 66.1 Å². The van der Waals surface area contributed by atoms with Gasteiger partial charge >= 0.3 is 17.9 Å². The van der Waals surface area contributed by atoms with Crippen molar-refractivity contribution in [1.29, 1.82) is 0 Å². The van der Waals surface area contributed by atoms with Crippen LogP contribution in [0.4, 0.5) is 5.69 Å². The molecule has 15 nitrogen and oxygen atoms in total. The Balaban J connectivity index is 1.36. The molecule has 4 aromatic rings. The van der Waals surface area contributed by atoms with Gasteiger partial charge in [0.1, 0.15) is 17.1 Å². The number of carbonyl (C=O) groups is 3. The van der Waals surface area contributed by atoms with Crippen LogP contribution in [0.25, 0.3) is 33.4 Å². The van der Waals surface area contributed by atoms with Gasteiger partial charge in [-0.1, -0.05) is 142 Å². The molecular weight excluding hydrogens is 1010 g/mol. The van der Waals surface area contributed by atoms with Gasteiger partial charge in [0.05, 0.1) is 35.5 Å². The molecule has 0 fully saturated rings. The maximum Gasteiger partial charge on any atom is 0.336 e. The number of hydrogen-bond acceptors (Lipinski definition) is 12. The van der Waals surface area contributed by atoms with Gasteiger partial charge in [-0.05, 0) is 98.2 Å². The molecule has 1 aliphatic heterocycles. The smallest absolute Gasteiger partial charge is 0.336 e. The second kappa shape index (κ2) is 34.5. The number of rotatable bonds is 41. The van der Waals surface area contributed by atoms with Gasteiger partial charge < -0.3 is 30.2 Å². The lowest BCUT2D eigenvalue weighted by molar-refractivity contribution is -0.139. The number of fused-ring (bicyclic) bond motifs is 2. The van der Waals surface area contributed by atoms with Crippen LogP contribution in [0, 0.1) is 0 Å². The van der Waals surface area contributed by atoms with Gasteiger partial charge in [-0.3, -0.25) is 39.1 Å². The van der Waals surface area contributed by atoms with E-state index < -0.39 is 17.9 Å². The summed E-state index contributed by atoms with van der Waals surface area (Å²) < 4.78 is 6.89. The van der Waals surface area contributed by atoms with Crippen molar-refractivity contribution in [2.24, 2.45) is 0 Å². The predicted molar refractivity (Wildman–Crippen MR) is 319 cm³/mol. The van der Waals surface area contributed by atoms with Gasteiger partial charge in [0, 0.05) is 86.0 Å². The van der Waals surface area contributed by atoms with E-state index >= 15 is 0 Å². The number of nitrogens with zero attached hydrogens (tertiary/aromatic N) is 5. The summed E-state index contributed by atoms with van der Waals surface area (Å²) in [5.41, 5.74) is 4.01. The maximum atomic E-state index is 14.3. The van der Waals surface area contributed by atoms with Gasteiger partial charge in [-0.15, -0.1) is 0 Å². The fourth-order valence-corrected chi connectivity index (χ4v) is 10.8. The van der Waals surface area contributed by atoms with Crippen LogP contribution in [0.2, 0.25) is 0 Å². The predicted octanol–water partition coefficient (Wildman–Crippen LogP) is 13.5. The number of pyridine rings is 2. The molecule has 1 aliphatic carbocycles. The Morgan fingerprint density at radius 3 is 1.64 bits per heavy atom. The summed E-state index contributed by atoms with van der Waals surface area (Å²) in [6, 6.07) is 23.1. The molecule has 0 saturated carbocycles. The molecule has 80 heavy (non-hydrogen) atoms. The molecule has 0 amide bonds. The van der Waals surface area contributed by atoms with E-state index in [1.807, 2.05) is 36.4 Å². The van der Waals surface area contributed by atoms with Gasteiger partial charge in [0.25, 0.3) is 0 Å². The Bertz CT molecular complexity index is 2840. The number of unbranched alkanes of at least 4 members (excludes halogenated alkanes) is 18. The van der Waals surface area contributed by atoms with E-state index in [4.69, 9.17) is 4.42 Å². The van der Waals surface area contributed by atoms with Crippen molar-refractivity contribution in [1.82, 2.24) is 24.7 Å². The van der Waals surface area contributed by atoms with Crippen molar-refractivity contribution in [2.75, 3.05) is 51.1 Å². The Kier molecular flexibility index (Phi) is 26.9. The van der Waals surface area contributed by atoms with Crippen molar-refractivity contribution >= 4 is 34.6 Å². The van der Waals surface area contributed by atoms with Crippen LogP contribution in [0.1, 0.15) is 175 Å². The highest BCUT2D eigenvalue weighted by molar-refractivity contribution is 6.09. The number of benzene rings is 3. The number of aromatic nitrogens is 2. The lowest BCUT2D eigenvalue weighted by Gasteiger charge is -2.25. The SMILES string of the molecule is CCCCCCCCCCCCN(CC(=O)O)Cc1c2oc3c(CN(CCCCCCCCCCCC)CC(=O)O)c(O)ccc3c(-c3cc(NCCN(CCc4ccccn4)Cc4ccccn4)ccc3C(=O)O)c-2ccc1=O. The number of phenols is 1. The van der Waals surface area contributed by atoms with Crippen LogP contribution in [0.15, 0.2) is 100 Å². The number of aliphatic carboxylic acids is 2. The summed E-state index contributed by atoms with van der Waals surface area (Å²) >= 11 is 0. The van der Waals surface area contributed by atoms with E-state index in [2.05, 4.69) is 34.0 Å². The van der Waals surface area contributed by atoms with E-state index in [-0.39, 0.29) is 59.8 Å². The third kappa shape index (κ3) is 20.5. The molecule has 2 aliphatic rings. The molecule has 0 unspecified atom stereocenters. The first-order valence-electron chi connectivity index (χ1n) is 29.7. The highest BCUT2D eigenvalue weighted by Gasteiger charge is 2.29. The number of anilines is 1. The molecule has 0 radical (unpaired) electrons. The molecule has 0 saturated heterocycles. The third-order valence-corrected chi connectivity index (χ3v) is 15.1. The molecular formula is C65H88N6O9. The van der Waals surface area contributed by atoms with Crippen molar-refractivity contribution in [2.45, 2.75) is 168 Å². The molecule has 0 atom stereocenters. The summed E-state index contributed by atoms with van der Waals surface area (Å²) in [6.45, 7) is 7.04. The van der Waals surface area contributed by atoms with Gasteiger partial charge in [0.15, 0.2) is 5.43 Å². The van der Waals surface area contributed by atoms with Crippen LogP contribution in [0.5, 0.6) is 5.75 Å². The lowest BCUT2D eigenvalue weighted by atomic mass is 9.88. The zero-order valence-corrected chi connectivity index (χ0v) is 47.6. The highest BCUT2D eigenvalue weighted by atomic mass is 16.4. The molecule has 432 valence electrons. The number of hydrogen-bond donors (Lipinski definition) is 5. The zero-order chi connectivity index (χ0) is 56.9. The largest absolute Gasteiger partial charge is 0.507 e. The summed E-state index contributed by atoms with van der Waals surface area (Å²) in [4.78, 5) is 67.4. The van der Waals surface area contributed by atoms with E-state index in [0.717, 1.165) is 75.7 Å². The number of nitrogens with one attached hydrogen (secondary N) is 1. The van der Waals surface area contributed by atoms with Gasteiger partial charge in [-0.25, -0.2) is 4.79 Å². The first-order valence-corrected chi connectivity index (χ1v) is 29.7.